The molecule has 1 saturated heterocycles. The predicted octanol–water partition coefficient (Wildman–Crippen LogP) is 3.43. The Bertz CT molecular complexity index is 1120. The van der Waals surface area contributed by atoms with Gasteiger partial charge in [0.2, 0.25) is 0 Å². The molecule has 2 aliphatic rings. The number of ether oxygens (including phenoxy) is 2. The second-order valence-corrected chi connectivity index (χ2v) is 8.65. The molecule has 2 aromatic carbocycles. The molecular weight excluding hydrogens is 470 g/mol. The average molecular weight is 488 g/mol. The highest BCUT2D eigenvalue weighted by atomic mass is 35.5. The Morgan fingerprint density at radius 2 is 1.91 bits per heavy atom. The first-order chi connectivity index (χ1) is 15.9. The van der Waals surface area contributed by atoms with Crippen LogP contribution in [-0.2, 0) is 9.59 Å². The molecule has 0 bridgehead atoms. The first-order valence-electron chi connectivity index (χ1n) is 9.82. The number of para-hydroxylation sites is 1. The Morgan fingerprint density at radius 1 is 1.21 bits per heavy atom. The number of aliphatic imine (C=N–C) groups is 1. The van der Waals surface area contributed by atoms with E-state index in [2.05, 4.69) is 11.6 Å². The zero-order chi connectivity index (χ0) is 23.5. The van der Waals surface area contributed by atoms with Gasteiger partial charge in [0.15, 0.2) is 12.1 Å². The number of alkyl halides is 1. The first-order valence-corrected chi connectivity index (χ1v) is 11.2. The summed E-state index contributed by atoms with van der Waals surface area (Å²) in [5, 5.41) is 11.0. The largest absolute Gasteiger partial charge is 0.487 e. The number of nitrogens with zero attached hydrogens (tertiary/aromatic N) is 3. The molecule has 0 aromatic heterocycles. The van der Waals surface area contributed by atoms with Crippen LogP contribution in [0.1, 0.15) is 0 Å². The molecule has 0 N–H and O–H groups in total. The number of likely N-dealkylation sites (tertiary alicyclic amines) is 1. The Balaban J connectivity index is 1.44. The fraction of sp³-hybridized carbons (Fsp3) is 0.227. The summed E-state index contributed by atoms with van der Waals surface area (Å²) in [5.74, 6) is -0.357. The molecule has 4 rings (SSSR count). The van der Waals surface area contributed by atoms with Crippen molar-refractivity contribution in [1.29, 1.82) is 0 Å². The molecule has 2 aromatic rings. The van der Waals surface area contributed by atoms with E-state index in [4.69, 9.17) is 21.1 Å². The normalized spacial score (nSPS) is 19.7. The minimum absolute atomic E-state index is 0.0588. The lowest BCUT2D eigenvalue weighted by atomic mass is 10.00. The number of halogens is 1. The maximum absolute atomic E-state index is 13.0. The molecule has 0 aliphatic carbocycles. The number of fused-ring (bicyclic) bond motifs is 1. The van der Waals surface area contributed by atoms with Gasteiger partial charge >= 0.3 is 5.97 Å². The summed E-state index contributed by atoms with van der Waals surface area (Å²) in [5.41, 5.74) is 0.159. The topological polar surface area (TPSA) is 111 Å². The molecule has 2 heterocycles. The number of rotatable bonds is 9. The molecule has 9 nitrogen and oxygen atoms in total. The summed E-state index contributed by atoms with van der Waals surface area (Å²) in [6.07, 6.45) is 0. The van der Waals surface area contributed by atoms with Gasteiger partial charge in [-0.3, -0.25) is 19.9 Å². The van der Waals surface area contributed by atoms with Crippen molar-refractivity contribution in [2.45, 2.75) is 17.5 Å². The van der Waals surface area contributed by atoms with Crippen molar-refractivity contribution in [3.05, 3.63) is 76.9 Å². The van der Waals surface area contributed by atoms with Gasteiger partial charge in [0, 0.05) is 18.0 Å². The van der Waals surface area contributed by atoms with Crippen molar-refractivity contribution in [1.82, 2.24) is 4.90 Å². The van der Waals surface area contributed by atoms with E-state index in [-0.39, 0.29) is 29.8 Å². The van der Waals surface area contributed by atoms with E-state index in [0.29, 0.717) is 16.4 Å². The SMILES string of the molecule is C=C(CCl)[C@H](C(=O)Oc1ccc([N+](=O)[O-])cc1)N1C(=O)C2N=C(COc3ccccc3)SC21. The van der Waals surface area contributed by atoms with Crippen LogP contribution in [0.5, 0.6) is 11.5 Å². The summed E-state index contributed by atoms with van der Waals surface area (Å²) >= 11 is 7.28. The summed E-state index contributed by atoms with van der Waals surface area (Å²) in [6.45, 7) is 4.04. The predicted molar refractivity (Wildman–Crippen MR) is 124 cm³/mol. The van der Waals surface area contributed by atoms with Crippen molar-refractivity contribution in [2.75, 3.05) is 12.5 Å². The Morgan fingerprint density at radius 3 is 2.55 bits per heavy atom. The smallest absolute Gasteiger partial charge is 0.338 e. The molecule has 170 valence electrons. The number of non-ortho nitro benzene ring substituents is 1. The number of nitro benzene ring substituents is 1. The zero-order valence-electron chi connectivity index (χ0n) is 17.1. The van der Waals surface area contributed by atoms with Crippen molar-refractivity contribution < 1.29 is 24.0 Å². The molecule has 1 amide bonds. The molecule has 1 fully saturated rings. The van der Waals surface area contributed by atoms with Crippen molar-refractivity contribution in [3.8, 4) is 11.5 Å². The number of hydrogen-bond acceptors (Lipinski definition) is 8. The summed E-state index contributed by atoms with van der Waals surface area (Å²) in [6, 6.07) is 12.6. The van der Waals surface area contributed by atoms with Crippen LogP contribution in [0.3, 0.4) is 0 Å². The number of nitro groups is 1. The third-order valence-corrected chi connectivity index (χ3v) is 6.59. The number of carbonyl (C=O) groups excluding carboxylic acids is 2. The van der Waals surface area contributed by atoms with E-state index < -0.39 is 28.4 Å². The summed E-state index contributed by atoms with van der Waals surface area (Å²) < 4.78 is 11.1. The molecule has 0 saturated carbocycles. The highest BCUT2D eigenvalue weighted by Crippen LogP contribution is 2.42. The van der Waals surface area contributed by atoms with E-state index in [1.54, 1.807) is 0 Å². The number of β-lactam (4-membered cyclic amide) rings is 1. The molecule has 2 unspecified atom stereocenters. The van der Waals surface area contributed by atoms with Gasteiger partial charge in [-0.25, -0.2) is 4.79 Å². The van der Waals surface area contributed by atoms with Gasteiger partial charge in [-0.05, 0) is 29.8 Å². The Kier molecular flexibility index (Phi) is 6.66. The number of amides is 1. The van der Waals surface area contributed by atoms with Crippen molar-refractivity contribution in [2.24, 2.45) is 4.99 Å². The standard InChI is InChI=1S/C22H18ClN3O6S/c1-13(11-23)19(22(28)32-16-9-7-14(8-10-16)26(29)30)25-20(27)18-21(25)33-17(24-18)12-31-15-5-3-2-4-6-15/h2-10,18-19,21H,1,11-12H2/t18?,19-,21?/m1/s1. The van der Waals surface area contributed by atoms with Crippen LogP contribution in [0.2, 0.25) is 0 Å². The van der Waals surface area contributed by atoms with Crippen LogP contribution in [0.4, 0.5) is 5.69 Å². The maximum Gasteiger partial charge on any atom is 0.338 e. The maximum atomic E-state index is 13.0. The van der Waals surface area contributed by atoms with E-state index >= 15 is 0 Å². The van der Waals surface area contributed by atoms with Gasteiger partial charge in [0.05, 0.1) is 4.92 Å². The van der Waals surface area contributed by atoms with Gasteiger partial charge < -0.3 is 14.4 Å². The summed E-state index contributed by atoms with van der Waals surface area (Å²) in [7, 11) is 0. The highest BCUT2D eigenvalue weighted by molar-refractivity contribution is 8.15. The zero-order valence-corrected chi connectivity index (χ0v) is 18.7. The third-order valence-electron chi connectivity index (χ3n) is 5.02. The van der Waals surface area contributed by atoms with Gasteiger partial charge in [0.1, 0.15) is 28.5 Å². The number of benzene rings is 2. The monoisotopic (exact) mass is 487 g/mol. The summed E-state index contributed by atoms with van der Waals surface area (Å²) in [4.78, 5) is 41.8. The van der Waals surface area contributed by atoms with Crippen LogP contribution < -0.4 is 9.47 Å². The van der Waals surface area contributed by atoms with E-state index in [9.17, 15) is 19.7 Å². The molecule has 2 aliphatic heterocycles. The van der Waals surface area contributed by atoms with Gasteiger partial charge in [0.25, 0.3) is 11.6 Å². The lowest BCUT2D eigenvalue weighted by Gasteiger charge is -2.45. The van der Waals surface area contributed by atoms with Crippen LogP contribution in [-0.4, -0.2) is 56.7 Å². The lowest BCUT2D eigenvalue weighted by Crippen LogP contribution is -2.66. The number of thioether (sulfide) groups is 1. The lowest BCUT2D eigenvalue weighted by molar-refractivity contribution is -0.384. The second kappa shape index (κ2) is 9.63. The molecule has 0 spiro atoms. The molecule has 33 heavy (non-hydrogen) atoms. The molecule has 0 radical (unpaired) electrons. The highest BCUT2D eigenvalue weighted by Gasteiger charge is 2.57. The van der Waals surface area contributed by atoms with Crippen molar-refractivity contribution >= 4 is 46.0 Å². The van der Waals surface area contributed by atoms with Crippen LogP contribution in [0.25, 0.3) is 0 Å². The number of carbonyl (C=O) groups is 2. The van der Waals surface area contributed by atoms with Crippen molar-refractivity contribution in [3.63, 3.8) is 0 Å². The number of hydrogen-bond donors (Lipinski definition) is 0. The van der Waals surface area contributed by atoms with E-state index in [0.717, 1.165) is 0 Å². The van der Waals surface area contributed by atoms with E-state index in [1.165, 1.54) is 40.9 Å². The second-order valence-electron chi connectivity index (χ2n) is 7.19. The van der Waals surface area contributed by atoms with Crippen LogP contribution >= 0.6 is 23.4 Å². The quantitative estimate of drug-likeness (QED) is 0.101. The minimum atomic E-state index is -1.11. The Hall–Kier alpha value is -3.37. The van der Waals surface area contributed by atoms with Gasteiger partial charge in [-0.15, -0.1) is 11.6 Å². The fourth-order valence-corrected chi connectivity index (χ4v) is 4.77. The molecular formula is C22H18ClN3O6S. The average Bonchev–Trinajstić information content (AvgIpc) is 3.20. The molecule has 3 atom stereocenters. The van der Waals surface area contributed by atoms with E-state index in [1.807, 2.05) is 30.3 Å². The van der Waals surface area contributed by atoms with Gasteiger partial charge in [-0.1, -0.05) is 36.5 Å². The van der Waals surface area contributed by atoms with Gasteiger partial charge in [-0.2, -0.15) is 0 Å². The number of esters is 1. The Labute approximate surface area is 198 Å². The molecule has 11 heteroatoms. The fourth-order valence-electron chi connectivity index (χ4n) is 3.40. The van der Waals surface area contributed by atoms with Crippen LogP contribution in [0.15, 0.2) is 71.7 Å². The third kappa shape index (κ3) is 4.71. The minimum Gasteiger partial charge on any atom is -0.487 e. The van der Waals surface area contributed by atoms with Crippen LogP contribution in [0, 0.1) is 10.1 Å². The first kappa shape index (κ1) is 22.8.